The number of aliphatic hydroxyl groups is 1. The van der Waals surface area contributed by atoms with Crippen LogP contribution in [0.3, 0.4) is 0 Å². The Kier molecular flexibility index (Phi) is 3.94. The maximum absolute atomic E-state index is 11.8. The molecular weight excluding hydrogens is 294 g/mol. The highest BCUT2D eigenvalue weighted by molar-refractivity contribution is 5.92. The Balaban J connectivity index is 2.58. The molecule has 7 heteroatoms. The molecule has 1 aliphatic rings. The van der Waals surface area contributed by atoms with Gasteiger partial charge in [0, 0.05) is 14.5 Å². The molecule has 3 unspecified atom stereocenters. The number of aliphatic hydroxyl groups excluding tert-OH is 1. The number of carbonyl (C=O) groups is 1. The van der Waals surface area contributed by atoms with Gasteiger partial charge in [-0.15, -0.1) is 0 Å². The number of primary amides is 1. The van der Waals surface area contributed by atoms with Crippen molar-refractivity contribution in [2.45, 2.75) is 64.6 Å². The Labute approximate surface area is 140 Å². The molecule has 0 radical (unpaired) electrons. The zero-order valence-electron chi connectivity index (χ0n) is 17.0. The van der Waals surface area contributed by atoms with E-state index in [9.17, 15) is 9.90 Å². The van der Waals surface area contributed by atoms with Gasteiger partial charge >= 0.3 is 0 Å². The van der Waals surface area contributed by atoms with E-state index < -0.39 is 24.4 Å². The van der Waals surface area contributed by atoms with E-state index in [1.54, 1.807) is 6.92 Å². The standard InChI is InChI=1S/C16H27N5O2/c1-9-5-6-10(7-12(9)22)19-14-11(13(17)23)8-18-15(20-14)21-16(2,3)4/h8-10,12,22H,5-7H2,1-4H3,(H2,17,23)(H2,18,19,20,21)/i6D2,8D. The van der Waals surface area contributed by atoms with E-state index in [4.69, 9.17) is 9.85 Å². The van der Waals surface area contributed by atoms with Crippen molar-refractivity contribution in [2.24, 2.45) is 16.6 Å². The van der Waals surface area contributed by atoms with Crippen LogP contribution < -0.4 is 16.5 Å². The molecule has 7 nitrogen and oxygen atoms in total. The van der Waals surface area contributed by atoms with Crippen LogP contribution in [0.25, 0.3) is 0 Å². The second kappa shape index (κ2) is 6.70. The molecule has 23 heavy (non-hydrogen) atoms. The molecule has 1 amide bonds. The number of nitrogens with zero attached hydrogens (tertiary/aromatic N) is 2. The fraction of sp³-hybridized carbons (Fsp3) is 0.688. The summed E-state index contributed by atoms with van der Waals surface area (Å²) in [5, 5.41) is 13.2. The second-order valence-corrected chi connectivity index (χ2v) is 6.99. The van der Waals surface area contributed by atoms with Crippen molar-refractivity contribution in [1.29, 1.82) is 0 Å². The summed E-state index contributed by atoms with van der Waals surface area (Å²) in [6, 6.07) is -0.868. The van der Waals surface area contributed by atoms with E-state index in [0.29, 0.717) is 0 Å². The number of aromatic amines is 1. The summed E-state index contributed by atoms with van der Waals surface area (Å²) in [6.07, 6.45) is -2.40. The number of nitrogens with two attached hydrogens (primary N) is 1. The van der Waals surface area contributed by atoms with Gasteiger partial charge in [-0.1, -0.05) is 6.92 Å². The fourth-order valence-corrected chi connectivity index (χ4v) is 2.31. The molecule has 128 valence electrons. The summed E-state index contributed by atoms with van der Waals surface area (Å²) >= 11 is 0. The van der Waals surface area contributed by atoms with E-state index in [1.165, 1.54) is 0 Å². The maximum atomic E-state index is 11.8. The molecule has 1 aromatic rings. The lowest BCUT2D eigenvalue weighted by atomic mass is 9.85. The van der Waals surface area contributed by atoms with Crippen molar-refractivity contribution < 1.29 is 14.0 Å². The van der Waals surface area contributed by atoms with Gasteiger partial charge in [-0.05, 0) is 45.9 Å². The molecule has 0 aromatic carbocycles. The number of nitrogens with one attached hydrogen (secondary N) is 2. The Bertz CT molecular complexity index is 757. The van der Waals surface area contributed by atoms with Crippen molar-refractivity contribution in [3.8, 4) is 0 Å². The third-order valence-electron chi connectivity index (χ3n) is 3.57. The fourth-order valence-electron chi connectivity index (χ4n) is 2.31. The molecular formula is C16H27N5O2. The van der Waals surface area contributed by atoms with Gasteiger partial charge < -0.3 is 21.1 Å². The van der Waals surface area contributed by atoms with E-state index >= 15 is 0 Å². The molecule has 1 heterocycles. The molecule has 0 aliphatic heterocycles. The van der Waals surface area contributed by atoms with Crippen molar-refractivity contribution in [2.75, 3.05) is 5.32 Å². The summed E-state index contributed by atoms with van der Waals surface area (Å²) < 4.78 is 24.5. The topological polar surface area (TPSA) is 116 Å². The number of anilines is 1. The third-order valence-corrected chi connectivity index (χ3v) is 3.57. The van der Waals surface area contributed by atoms with Gasteiger partial charge in [-0.25, -0.2) is 4.98 Å². The summed E-state index contributed by atoms with van der Waals surface area (Å²) in [5.74, 6) is -0.819. The van der Waals surface area contributed by atoms with Gasteiger partial charge in [-0.2, -0.15) is 0 Å². The first kappa shape index (κ1) is 13.5. The Morgan fingerprint density at radius 3 is 2.96 bits per heavy atom. The van der Waals surface area contributed by atoms with Crippen LogP contribution >= 0.6 is 0 Å². The van der Waals surface area contributed by atoms with E-state index in [-0.39, 0.29) is 47.5 Å². The molecule has 0 bridgehead atoms. The summed E-state index contributed by atoms with van der Waals surface area (Å²) in [7, 11) is 0. The Morgan fingerprint density at radius 2 is 2.35 bits per heavy atom. The SMILES string of the molecule is [2H]c1nc(NC(C)(C)C)[nH]c(=NC2CC(O)C(C)CC2([2H])[2H])c1C(N)=O. The zero-order chi connectivity index (χ0) is 19.9. The van der Waals surface area contributed by atoms with Crippen LogP contribution in [0.4, 0.5) is 5.95 Å². The highest BCUT2D eigenvalue weighted by Gasteiger charge is 2.26. The van der Waals surface area contributed by atoms with Gasteiger partial charge in [0.05, 0.1) is 19.1 Å². The number of amides is 1. The first-order chi connectivity index (χ1) is 11.8. The Hall–Kier alpha value is -1.89. The van der Waals surface area contributed by atoms with E-state index in [1.807, 2.05) is 20.8 Å². The molecule has 5 N–H and O–H groups in total. The average Bonchev–Trinajstić information content (AvgIpc) is 2.41. The monoisotopic (exact) mass is 324 g/mol. The van der Waals surface area contributed by atoms with Gasteiger partial charge in [-0.3, -0.25) is 9.79 Å². The minimum atomic E-state index is -1.65. The van der Waals surface area contributed by atoms with Crippen molar-refractivity contribution in [1.82, 2.24) is 9.97 Å². The maximum Gasteiger partial charge on any atom is 0.254 e. The highest BCUT2D eigenvalue weighted by Crippen LogP contribution is 2.25. The molecule has 0 saturated heterocycles. The first-order valence-electron chi connectivity index (χ1n) is 9.21. The largest absolute Gasteiger partial charge is 0.393 e. The van der Waals surface area contributed by atoms with Gasteiger partial charge in [0.25, 0.3) is 5.91 Å². The highest BCUT2D eigenvalue weighted by atomic mass is 16.3. The number of hydrogen-bond acceptors (Lipinski definition) is 5. The van der Waals surface area contributed by atoms with Crippen LogP contribution in [0.1, 0.15) is 61.4 Å². The smallest absolute Gasteiger partial charge is 0.254 e. The summed E-state index contributed by atoms with van der Waals surface area (Å²) in [6.45, 7) is 7.51. The van der Waals surface area contributed by atoms with Crippen molar-refractivity contribution in [3.63, 3.8) is 0 Å². The molecule has 1 aromatic heterocycles. The lowest BCUT2D eigenvalue weighted by molar-refractivity contribution is 0.0704. The minimum Gasteiger partial charge on any atom is -0.393 e. The normalized spacial score (nSPS) is 30.2. The number of H-pyrrole nitrogens is 1. The number of carbonyl (C=O) groups excluding carboxylic acids is 1. The van der Waals surface area contributed by atoms with Crippen LogP contribution in [0, 0.1) is 5.92 Å². The van der Waals surface area contributed by atoms with E-state index in [0.717, 1.165) is 0 Å². The summed E-state index contributed by atoms with van der Waals surface area (Å²) in [5.41, 5.74) is 4.82. The first-order valence-corrected chi connectivity index (χ1v) is 7.71. The van der Waals surface area contributed by atoms with Crippen LogP contribution in [0.5, 0.6) is 0 Å². The molecule has 1 fully saturated rings. The van der Waals surface area contributed by atoms with Gasteiger partial charge in [0.15, 0.2) is 0 Å². The van der Waals surface area contributed by atoms with Crippen molar-refractivity contribution >= 4 is 11.9 Å². The summed E-state index contributed by atoms with van der Waals surface area (Å²) in [4.78, 5) is 23.0. The zero-order valence-corrected chi connectivity index (χ0v) is 14.0. The van der Waals surface area contributed by atoms with Gasteiger partial charge in [0.2, 0.25) is 5.95 Å². The number of rotatable bonds is 3. The predicted octanol–water partition coefficient (Wildman–Crippen LogP) is 1.17. The molecule has 1 aliphatic carbocycles. The molecule has 1 saturated carbocycles. The third kappa shape index (κ3) is 4.79. The lowest BCUT2D eigenvalue weighted by Crippen LogP contribution is -2.34. The molecule has 2 rings (SSSR count). The second-order valence-electron chi connectivity index (χ2n) is 6.99. The van der Waals surface area contributed by atoms with Crippen LogP contribution in [0.2, 0.25) is 0 Å². The van der Waals surface area contributed by atoms with Crippen LogP contribution in [-0.4, -0.2) is 38.7 Å². The molecule has 3 atom stereocenters. The molecule has 0 spiro atoms. The number of aromatic nitrogens is 2. The Morgan fingerprint density at radius 1 is 1.65 bits per heavy atom. The van der Waals surface area contributed by atoms with Crippen LogP contribution in [-0.2, 0) is 0 Å². The van der Waals surface area contributed by atoms with Crippen molar-refractivity contribution in [3.05, 3.63) is 17.2 Å². The van der Waals surface area contributed by atoms with Crippen LogP contribution in [0.15, 0.2) is 11.2 Å². The van der Waals surface area contributed by atoms with Gasteiger partial charge in [0.1, 0.15) is 5.49 Å². The number of hydrogen-bond donors (Lipinski definition) is 4. The van der Waals surface area contributed by atoms with E-state index in [2.05, 4.69) is 20.3 Å². The average molecular weight is 324 g/mol. The minimum absolute atomic E-state index is 0.000113. The lowest BCUT2D eigenvalue weighted by Gasteiger charge is -2.28. The quantitative estimate of drug-likeness (QED) is 0.667. The predicted molar refractivity (Wildman–Crippen MR) is 88.9 cm³/mol.